The molecule has 0 aliphatic carbocycles. The predicted octanol–water partition coefficient (Wildman–Crippen LogP) is 4.51. The molecule has 7 heterocycles. The van der Waals surface area contributed by atoms with Gasteiger partial charge < -0.3 is 25.2 Å². The van der Waals surface area contributed by atoms with Crippen LogP contribution < -0.4 is 36.0 Å². The van der Waals surface area contributed by atoms with Crippen molar-refractivity contribution in [3.63, 3.8) is 0 Å². The lowest BCUT2D eigenvalue weighted by atomic mass is 9.92. The normalized spacial score (nSPS) is 18.9. The van der Waals surface area contributed by atoms with Gasteiger partial charge in [0.1, 0.15) is 10.7 Å². The summed E-state index contributed by atoms with van der Waals surface area (Å²) in [6, 6.07) is 9.64. The van der Waals surface area contributed by atoms with E-state index in [4.69, 9.17) is 26.4 Å². The van der Waals surface area contributed by atoms with Crippen molar-refractivity contribution in [2.24, 2.45) is 13.0 Å². The number of nitrogens with one attached hydrogen (secondary N) is 3. The number of nitrogens with zero attached hydrogens (tertiary/aromatic N) is 9. The molecule has 1 atom stereocenters. The van der Waals surface area contributed by atoms with E-state index in [0.29, 0.717) is 52.3 Å². The second-order valence-corrected chi connectivity index (χ2v) is 17.6. The van der Waals surface area contributed by atoms with Gasteiger partial charge in [-0.05, 0) is 83.2 Å². The summed E-state index contributed by atoms with van der Waals surface area (Å²) < 4.78 is 9.00. The van der Waals surface area contributed by atoms with Crippen LogP contribution in [-0.2, 0) is 21.4 Å². The Kier molecular flexibility index (Phi) is 11.6. The predicted molar refractivity (Wildman–Crippen MR) is 235 cm³/mol. The first kappa shape index (κ1) is 41.9. The van der Waals surface area contributed by atoms with Crippen molar-refractivity contribution in [1.29, 1.82) is 0 Å². The number of imide groups is 1. The number of likely N-dealkylation sites (N-methyl/N-ethyl adjacent to an activating group) is 1. The van der Waals surface area contributed by atoms with Gasteiger partial charge in [-0.15, -0.1) is 0 Å². The van der Waals surface area contributed by atoms with E-state index in [2.05, 4.69) is 72.7 Å². The number of ether oxygens (including phenoxy) is 1. The van der Waals surface area contributed by atoms with Gasteiger partial charge in [0, 0.05) is 87.8 Å². The highest BCUT2D eigenvalue weighted by Gasteiger charge is 2.36. The highest BCUT2D eigenvalue weighted by Crippen LogP contribution is 2.36. The van der Waals surface area contributed by atoms with Gasteiger partial charge in [0.15, 0.2) is 18.2 Å². The van der Waals surface area contributed by atoms with Gasteiger partial charge in [-0.1, -0.05) is 11.6 Å². The Labute approximate surface area is 358 Å². The van der Waals surface area contributed by atoms with E-state index in [1.54, 1.807) is 23.0 Å². The monoisotopic (exact) mass is 852 g/mol. The summed E-state index contributed by atoms with van der Waals surface area (Å²) in [7, 11) is 3.42. The molecule has 3 N–H and O–H groups in total. The smallest absolute Gasteiger partial charge is 0.294 e. The molecule has 1 aromatic carbocycles. The second-order valence-electron chi connectivity index (χ2n) is 17.2. The Morgan fingerprint density at radius 1 is 1.03 bits per heavy atom. The Morgan fingerprint density at radius 3 is 2.54 bits per heavy atom. The van der Waals surface area contributed by atoms with Crippen molar-refractivity contribution in [2.45, 2.75) is 70.9 Å². The molecule has 3 amide bonds. The van der Waals surface area contributed by atoms with Crippen molar-refractivity contribution in [1.82, 2.24) is 44.8 Å². The number of aromatic nitrogens is 6. The average Bonchev–Trinajstić information content (AvgIpc) is 3.55. The molecule has 8 rings (SSSR count). The van der Waals surface area contributed by atoms with Crippen molar-refractivity contribution < 1.29 is 19.1 Å². The summed E-state index contributed by atoms with van der Waals surface area (Å²) in [6.45, 7) is 13.5. The number of rotatable bonds is 11. The maximum Gasteiger partial charge on any atom is 0.294 e. The number of benzene rings is 1. The van der Waals surface area contributed by atoms with E-state index in [0.717, 1.165) is 74.4 Å². The van der Waals surface area contributed by atoms with E-state index in [-0.39, 0.29) is 47.2 Å². The van der Waals surface area contributed by atoms with Gasteiger partial charge in [0.25, 0.3) is 11.5 Å². The molecular weight excluding hydrogens is 800 g/mol. The number of carbonyl (C=O) groups excluding carboxylic acids is 3. The van der Waals surface area contributed by atoms with Gasteiger partial charge in [-0.3, -0.25) is 38.6 Å². The number of piperidine rings is 2. The van der Waals surface area contributed by atoms with Gasteiger partial charge in [0.2, 0.25) is 17.8 Å². The zero-order valence-electron chi connectivity index (χ0n) is 35.5. The third-order valence-corrected chi connectivity index (χ3v) is 12.4. The molecule has 0 saturated carbocycles. The van der Waals surface area contributed by atoms with E-state index >= 15 is 0 Å². The molecule has 322 valence electrons. The molecule has 5 aromatic rings. The Bertz CT molecular complexity index is 2560. The number of fused-ring (bicyclic) bond motifs is 2. The summed E-state index contributed by atoms with van der Waals surface area (Å²) in [5, 5.41) is 15.0. The molecule has 18 heteroatoms. The van der Waals surface area contributed by atoms with Crippen LogP contribution in [0.4, 0.5) is 23.1 Å². The van der Waals surface area contributed by atoms with Gasteiger partial charge in [-0.25, -0.2) is 9.97 Å². The maximum absolute atomic E-state index is 13.2. The van der Waals surface area contributed by atoms with Crippen LogP contribution >= 0.6 is 11.6 Å². The lowest BCUT2D eigenvalue weighted by Crippen LogP contribution is -2.60. The zero-order valence-corrected chi connectivity index (χ0v) is 36.3. The van der Waals surface area contributed by atoms with Crippen molar-refractivity contribution in [3.8, 4) is 5.75 Å². The maximum atomic E-state index is 13.2. The largest absolute Gasteiger partial charge is 0.478 e. The fourth-order valence-electron chi connectivity index (χ4n) is 9.03. The van der Waals surface area contributed by atoms with E-state index in [9.17, 15) is 19.2 Å². The molecule has 3 saturated heterocycles. The molecule has 1 unspecified atom stereocenters. The van der Waals surface area contributed by atoms with Crippen molar-refractivity contribution in [3.05, 3.63) is 63.8 Å². The van der Waals surface area contributed by atoms with Crippen LogP contribution in [0.15, 0.2) is 47.5 Å². The topological polar surface area (TPSA) is 185 Å². The third kappa shape index (κ3) is 8.58. The van der Waals surface area contributed by atoms with Gasteiger partial charge >= 0.3 is 0 Å². The minimum Gasteiger partial charge on any atom is -0.478 e. The van der Waals surface area contributed by atoms with Crippen LogP contribution in [0, 0.1) is 5.92 Å². The van der Waals surface area contributed by atoms with Crippen LogP contribution in [-0.4, -0.2) is 110 Å². The number of pyridine rings is 2. The van der Waals surface area contributed by atoms with Gasteiger partial charge in [0.05, 0.1) is 35.2 Å². The van der Waals surface area contributed by atoms with Crippen LogP contribution in [0.1, 0.15) is 71.0 Å². The standard InChI is InChI=1S/C43H53ClN12O5/c1-25(2)56-39-27(18-34(41(56)60)61-23-36(58)45-5)17-28(20-46-39)48-38-32(44)21-47-42(50-38)54-13-11-26(12-14-54)22-53-15-16-55(43(3,4)24-53)29-7-8-30-33(19-29)52(6)51-37(30)31-9-10-35(57)49-40(31)59/h7-8,17-21,25-26,31H,9-16,22-24H2,1-6H3,(H,45,58)(H,47,48,50)(H,49,57,59). The Hall–Kier alpha value is -5.81. The zero-order chi connectivity index (χ0) is 43.2. The van der Waals surface area contributed by atoms with E-state index < -0.39 is 5.92 Å². The van der Waals surface area contributed by atoms with Crippen molar-refractivity contribution >= 4 is 74.4 Å². The average molecular weight is 853 g/mol. The molecule has 61 heavy (non-hydrogen) atoms. The molecule has 4 aromatic heterocycles. The van der Waals surface area contributed by atoms with Crippen LogP contribution in [0.5, 0.6) is 5.75 Å². The van der Waals surface area contributed by atoms with Crippen LogP contribution in [0.3, 0.4) is 0 Å². The molecule has 0 spiro atoms. The first-order valence-corrected chi connectivity index (χ1v) is 21.3. The summed E-state index contributed by atoms with van der Waals surface area (Å²) in [4.78, 5) is 70.8. The fourth-order valence-corrected chi connectivity index (χ4v) is 9.16. The van der Waals surface area contributed by atoms with Crippen LogP contribution in [0.25, 0.3) is 21.9 Å². The number of piperazine rings is 1. The number of amides is 3. The first-order chi connectivity index (χ1) is 29.2. The van der Waals surface area contributed by atoms with Crippen molar-refractivity contribution in [2.75, 3.05) is 68.0 Å². The lowest BCUT2D eigenvalue weighted by Gasteiger charge is -2.49. The van der Waals surface area contributed by atoms with E-state index in [1.807, 2.05) is 31.6 Å². The highest BCUT2D eigenvalue weighted by atomic mass is 35.5. The molecule has 3 fully saturated rings. The molecule has 0 bridgehead atoms. The minimum atomic E-state index is -0.429. The minimum absolute atomic E-state index is 0.0593. The van der Waals surface area contributed by atoms with E-state index in [1.165, 1.54) is 7.05 Å². The molecule has 3 aliphatic rings. The highest BCUT2D eigenvalue weighted by molar-refractivity contribution is 6.33. The second kappa shape index (κ2) is 16.9. The number of aryl methyl sites for hydroxylation is 1. The number of hydrogen-bond donors (Lipinski definition) is 3. The number of anilines is 4. The third-order valence-electron chi connectivity index (χ3n) is 12.1. The lowest BCUT2D eigenvalue weighted by molar-refractivity contribution is -0.134. The molecular formula is C43H53ClN12O5. The number of halogens is 1. The summed E-state index contributed by atoms with van der Waals surface area (Å²) >= 11 is 6.61. The number of carbonyl (C=O) groups is 3. The fraction of sp³-hybridized carbons (Fsp3) is 0.488. The summed E-state index contributed by atoms with van der Waals surface area (Å²) in [5.41, 5.74) is 3.46. The quantitative estimate of drug-likeness (QED) is 0.158. The SMILES string of the molecule is CNC(=O)COc1cc2cc(Nc3nc(N4CCC(CN5CCN(c6ccc7c(C8CCC(=O)NC8=O)nn(C)c7c6)C(C)(C)C5)CC4)ncc3Cl)cnc2n(C(C)C)c1=O. The summed E-state index contributed by atoms with van der Waals surface area (Å²) in [6.07, 6.45) is 6.06. The Balaban J connectivity index is 0.889. The molecule has 17 nitrogen and oxygen atoms in total. The number of hydrogen-bond acceptors (Lipinski definition) is 13. The van der Waals surface area contributed by atoms with Crippen LogP contribution in [0.2, 0.25) is 5.02 Å². The summed E-state index contributed by atoms with van der Waals surface area (Å²) in [5.74, 6) is 0.371. The molecule has 3 aliphatic heterocycles. The first-order valence-electron chi connectivity index (χ1n) is 20.9. The molecule has 0 radical (unpaired) electrons. The van der Waals surface area contributed by atoms with Gasteiger partial charge in [-0.2, -0.15) is 10.1 Å². The Morgan fingerprint density at radius 2 is 1.82 bits per heavy atom.